The van der Waals surface area contributed by atoms with Crippen molar-refractivity contribution in [2.24, 2.45) is 0 Å². The molecule has 2 rings (SSSR count). The predicted molar refractivity (Wildman–Crippen MR) is 88.6 cm³/mol. The summed E-state index contributed by atoms with van der Waals surface area (Å²) in [6.07, 6.45) is 3.62. The third kappa shape index (κ3) is 3.30. The summed E-state index contributed by atoms with van der Waals surface area (Å²) in [6, 6.07) is 6.03. The molecule has 0 bridgehead atoms. The van der Waals surface area contributed by atoms with E-state index in [1.807, 2.05) is 37.3 Å². The molecule has 2 N–H and O–H groups in total. The van der Waals surface area contributed by atoms with Crippen molar-refractivity contribution in [2.75, 3.05) is 12.1 Å². The van der Waals surface area contributed by atoms with E-state index in [-0.39, 0.29) is 0 Å². The summed E-state index contributed by atoms with van der Waals surface area (Å²) in [7, 11) is 1.88. The van der Waals surface area contributed by atoms with Gasteiger partial charge in [0.1, 0.15) is 6.07 Å². The summed E-state index contributed by atoms with van der Waals surface area (Å²) in [4.78, 5) is 0. The van der Waals surface area contributed by atoms with E-state index >= 15 is 0 Å². The monoisotopic (exact) mass is 372 g/mol. The van der Waals surface area contributed by atoms with Crippen LogP contribution in [0.1, 0.15) is 11.1 Å². The molecule has 0 saturated carbocycles. The van der Waals surface area contributed by atoms with E-state index in [2.05, 4.69) is 32.1 Å². The maximum atomic E-state index is 9.14. The largest absolute Gasteiger partial charge is 0.281 e. The van der Waals surface area contributed by atoms with Crippen LogP contribution in [0.3, 0.4) is 0 Å². The SMILES string of the molecule is CNSCc1cc(Cl)cc(C)c1N1C=CC(Br)(C#N)N1. The molecular formula is C13H14BrClN4S. The summed E-state index contributed by atoms with van der Waals surface area (Å²) in [5.41, 5.74) is 6.28. The summed E-state index contributed by atoms with van der Waals surface area (Å²) >= 11 is 11.1. The number of aryl methyl sites for hydroxylation is 1. The van der Waals surface area contributed by atoms with Gasteiger partial charge in [0.25, 0.3) is 0 Å². The van der Waals surface area contributed by atoms with Crippen LogP contribution in [0.2, 0.25) is 5.02 Å². The Labute approximate surface area is 136 Å². The van der Waals surface area contributed by atoms with Gasteiger partial charge in [0.15, 0.2) is 4.45 Å². The average Bonchev–Trinajstić information content (AvgIpc) is 2.78. The lowest BCUT2D eigenvalue weighted by atomic mass is 10.1. The highest BCUT2D eigenvalue weighted by Gasteiger charge is 2.31. The first-order valence-electron chi connectivity index (χ1n) is 5.93. The summed E-state index contributed by atoms with van der Waals surface area (Å²) in [5.74, 6) is 0.779. The fraction of sp³-hybridized carbons (Fsp3) is 0.308. The van der Waals surface area contributed by atoms with Crippen LogP contribution >= 0.6 is 39.5 Å². The fourth-order valence-corrected chi connectivity index (χ4v) is 3.15. The Bertz CT molecular complexity index is 586. The molecule has 0 spiro atoms. The van der Waals surface area contributed by atoms with Crippen LogP contribution in [0.15, 0.2) is 24.4 Å². The smallest absolute Gasteiger partial charge is 0.199 e. The maximum Gasteiger partial charge on any atom is 0.199 e. The van der Waals surface area contributed by atoms with E-state index in [4.69, 9.17) is 16.9 Å². The van der Waals surface area contributed by atoms with Gasteiger partial charge in [-0.1, -0.05) is 23.5 Å². The highest BCUT2D eigenvalue weighted by molar-refractivity contribution is 9.10. The van der Waals surface area contributed by atoms with Gasteiger partial charge in [-0.15, -0.1) is 0 Å². The van der Waals surface area contributed by atoms with E-state index < -0.39 is 4.45 Å². The van der Waals surface area contributed by atoms with Crippen LogP contribution in [0.25, 0.3) is 0 Å². The standard InChI is InChI=1S/C13H14BrClN4S/c1-9-5-11(15)6-10(7-20-17-2)12(9)19-4-3-13(14,8-16)18-19/h3-6,17-18H,7H2,1-2H3. The molecule has 20 heavy (non-hydrogen) atoms. The molecule has 0 fully saturated rings. The molecule has 0 aromatic heterocycles. The second-order valence-electron chi connectivity index (χ2n) is 4.34. The normalized spacial score (nSPS) is 21.2. The number of nitrogens with zero attached hydrogens (tertiary/aromatic N) is 2. The van der Waals surface area contributed by atoms with Crippen LogP contribution in [-0.2, 0) is 5.75 Å². The van der Waals surface area contributed by atoms with Gasteiger partial charge in [-0.25, -0.2) is 0 Å². The quantitative estimate of drug-likeness (QED) is 0.481. The molecule has 1 aromatic rings. The number of benzene rings is 1. The summed E-state index contributed by atoms with van der Waals surface area (Å²) in [6.45, 7) is 2.00. The third-order valence-electron chi connectivity index (χ3n) is 2.86. The molecule has 0 saturated heterocycles. The molecule has 1 heterocycles. The van der Waals surface area contributed by atoms with Crippen molar-refractivity contribution in [1.29, 1.82) is 5.26 Å². The zero-order chi connectivity index (χ0) is 14.8. The Hall–Kier alpha value is -0.710. The highest BCUT2D eigenvalue weighted by Crippen LogP contribution is 2.34. The fourth-order valence-electron chi connectivity index (χ4n) is 2.03. The van der Waals surface area contributed by atoms with Crippen molar-refractivity contribution in [3.8, 4) is 6.07 Å². The molecule has 0 amide bonds. The second-order valence-corrected chi connectivity index (χ2v) is 7.02. The molecule has 4 nitrogen and oxygen atoms in total. The number of hydrazine groups is 1. The van der Waals surface area contributed by atoms with Crippen LogP contribution in [0.4, 0.5) is 5.69 Å². The number of hydrogen-bond donors (Lipinski definition) is 2. The van der Waals surface area contributed by atoms with E-state index in [1.54, 1.807) is 18.0 Å². The van der Waals surface area contributed by atoms with Crippen molar-refractivity contribution in [3.63, 3.8) is 0 Å². The predicted octanol–water partition coefficient (Wildman–Crippen LogP) is 3.47. The minimum atomic E-state index is -0.855. The van der Waals surface area contributed by atoms with E-state index in [0.29, 0.717) is 5.02 Å². The van der Waals surface area contributed by atoms with Gasteiger partial charge in [0, 0.05) is 17.0 Å². The van der Waals surface area contributed by atoms with E-state index in [0.717, 1.165) is 22.6 Å². The lowest BCUT2D eigenvalue weighted by Gasteiger charge is -2.25. The zero-order valence-corrected chi connectivity index (χ0v) is 14.2. The Morgan fingerprint density at radius 1 is 1.60 bits per heavy atom. The first kappa shape index (κ1) is 15.7. The van der Waals surface area contributed by atoms with Crippen LogP contribution in [-0.4, -0.2) is 11.5 Å². The Morgan fingerprint density at radius 3 is 2.95 bits per heavy atom. The molecule has 1 aliphatic rings. The lowest BCUT2D eigenvalue weighted by molar-refractivity contribution is 0.702. The molecule has 0 aliphatic carbocycles. The van der Waals surface area contributed by atoms with E-state index in [9.17, 15) is 0 Å². The molecule has 106 valence electrons. The van der Waals surface area contributed by atoms with Crippen LogP contribution < -0.4 is 15.2 Å². The number of nitriles is 1. The van der Waals surface area contributed by atoms with Gasteiger partial charge in [-0.2, -0.15) is 10.7 Å². The Balaban J connectivity index is 2.37. The topological polar surface area (TPSA) is 51.1 Å². The molecule has 0 radical (unpaired) electrons. The number of rotatable bonds is 4. The molecular weight excluding hydrogens is 360 g/mol. The second kappa shape index (κ2) is 6.37. The molecule has 7 heteroatoms. The molecule has 1 aliphatic heterocycles. The molecule has 1 atom stereocenters. The van der Waals surface area contributed by atoms with Crippen LogP contribution in [0, 0.1) is 18.3 Å². The third-order valence-corrected chi connectivity index (χ3v) is 4.44. The van der Waals surface area contributed by atoms with Crippen molar-refractivity contribution in [3.05, 3.63) is 40.6 Å². The number of alkyl halides is 1. The minimum absolute atomic E-state index is 0.714. The van der Waals surface area contributed by atoms with Gasteiger partial charge >= 0.3 is 0 Å². The van der Waals surface area contributed by atoms with E-state index in [1.165, 1.54) is 0 Å². The van der Waals surface area contributed by atoms with Crippen molar-refractivity contribution in [2.45, 2.75) is 17.1 Å². The zero-order valence-electron chi connectivity index (χ0n) is 11.1. The molecule has 1 aromatic carbocycles. The van der Waals surface area contributed by atoms with Crippen molar-refractivity contribution < 1.29 is 0 Å². The summed E-state index contributed by atoms with van der Waals surface area (Å²) in [5, 5.41) is 11.7. The highest BCUT2D eigenvalue weighted by atomic mass is 79.9. The van der Waals surface area contributed by atoms with Gasteiger partial charge in [0.2, 0.25) is 0 Å². The number of anilines is 1. The Morgan fingerprint density at radius 2 is 2.35 bits per heavy atom. The number of halogens is 2. The Kier molecular flexibility index (Phi) is 4.99. The number of nitrogens with one attached hydrogen (secondary N) is 2. The summed E-state index contributed by atoms with van der Waals surface area (Å²) < 4.78 is 2.20. The van der Waals surface area contributed by atoms with Crippen LogP contribution in [0.5, 0.6) is 0 Å². The lowest BCUT2D eigenvalue weighted by Crippen LogP contribution is -2.41. The van der Waals surface area contributed by atoms with Crippen molar-refractivity contribution in [1.82, 2.24) is 10.1 Å². The van der Waals surface area contributed by atoms with Gasteiger partial charge in [0.05, 0.1) is 5.69 Å². The first-order valence-corrected chi connectivity index (χ1v) is 8.09. The first-order chi connectivity index (χ1) is 9.49. The minimum Gasteiger partial charge on any atom is -0.281 e. The average molecular weight is 374 g/mol. The van der Waals surface area contributed by atoms with Gasteiger partial charge < -0.3 is 0 Å². The van der Waals surface area contributed by atoms with Gasteiger partial charge in [-0.05, 0) is 59.2 Å². The number of hydrogen-bond acceptors (Lipinski definition) is 5. The maximum absolute atomic E-state index is 9.14. The van der Waals surface area contributed by atoms with Gasteiger partial charge in [-0.3, -0.25) is 9.73 Å². The van der Waals surface area contributed by atoms with Crippen molar-refractivity contribution >= 4 is 45.2 Å². The molecule has 1 unspecified atom stereocenters.